The SMILES string of the molecule is C[C@H](Sc1nc2ccc(Cl)cc2o1)C(=O)N1CC(=O)Nc2ccccc21. The number of hydrogen-bond donors (Lipinski definition) is 1. The molecule has 1 aliphatic heterocycles. The summed E-state index contributed by atoms with van der Waals surface area (Å²) in [6, 6.07) is 12.4. The van der Waals surface area contributed by atoms with Crippen LogP contribution in [0, 0.1) is 0 Å². The van der Waals surface area contributed by atoms with Gasteiger partial charge in [0, 0.05) is 11.1 Å². The van der Waals surface area contributed by atoms with Crippen LogP contribution in [0.5, 0.6) is 0 Å². The summed E-state index contributed by atoms with van der Waals surface area (Å²) in [5.41, 5.74) is 2.57. The van der Waals surface area contributed by atoms with E-state index in [-0.39, 0.29) is 18.4 Å². The maximum atomic E-state index is 12.9. The van der Waals surface area contributed by atoms with E-state index in [1.54, 1.807) is 31.2 Å². The molecule has 0 bridgehead atoms. The minimum Gasteiger partial charge on any atom is -0.431 e. The molecule has 1 aromatic heterocycles. The summed E-state index contributed by atoms with van der Waals surface area (Å²) in [5, 5.41) is 3.25. The number of benzene rings is 2. The van der Waals surface area contributed by atoms with E-state index >= 15 is 0 Å². The van der Waals surface area contributed by atoms with Gasteiger partial charge in [0.2, 0.25) is 11.8 Å². The first-order valence-electron chi connectivity index (χ1n) is 7.94. The molecule has 2 aromatic carbocycles. The molecular formula is C18H14ClN3O3S. The second-order valence-electron chi connectivity index (χ2n) is 5.84. The number of nitrogens with zero attached hydrogens (tertiary/aromatic N) is 2. The monoisotopic (exact) mass is 387 g/mol. The number of anilines is 2. The summed E-state index contributed by atoms with van der Waals surface area (Å²) in [5.74, 6) is -0.400. The van der Waals surface area contributed by atoms with Crippen LogP contribution in [-0.4, -0.2) is 28.6 Å². The Morgan fingerprint density at radius 1 is 1.35 bits per heavy atom. The van der Waals surface area contributed by atoms with Crippen LogP contribution in [0.4, 0.5) is 11.4 Å². The van der Waals surface area contributed by atoms with Crippen LogP contribution in [0.1, 0.15) is 6.92 Å². The fourth-order valence-corrected chi connectivity index (χ4v) is 3.76. The van der Waals surface area contributed by atoms with Gasteiger partial charge in [-0.25, -0.2) is 4.98 Å². The quantitative estimate of drug-likeness (QED) is 0.689. The molecule has 2 heterocycles. The number of nitrogens with one attached hydrogen (secondary N) is 1. The summed E-state index contributed by atoms with van der Waals surface area (Å²) in [6.07, 6.45) is 0. The number of amides is 2. The number of carbonyl (C=O) groups excluding carboxylic acids is 2. The first-order chi connectivity index (χ1) is 12.5. The molecule has 0 spiro atoms. The van der Waals surface area contributed by atoms with Crippen LogP contribution in [0.3, 0.4) is 0 Å². The topological polar surface area (TPSA) is 75.4 Å². The lowest BCUT2D eigenvalue weighted by molar-refractivity contribution is -0.121. The van der Waals surface area contributed by atoms with Crippen molar-refractivity contribution in [3.8, 4) is 0 Å². The van der Waals surface area contributed by atoms with E-state index in [9.17, 15) is 9.59 Å². The summed E-state index contributed by atoms with van der Waals surface area (Å²) in [4.78, 5) is 30.7. The minimum absolute atomic E-state index is 0.0100. The lowest BCUT2D eigenvalue weighted by Gasteiger charge is -2.30. The number of oxazole rings is 1. The Morgan fingerprint density at radius 3 is 3.00 bits per heavy atom. The standard InChI is InChI=1S/C18H14ClN3O3S/c1-10(26-18-21-13-7-6-11(19)8-15(13)25-18)17(24)22-9-16(23)20-12-4-2-3-5-14(12)22/h2-8,10H,9H2,1H3,(H,20,23)/t10-/m0/s1. The molecular weight excluding hydrogens is 374 g/mol. The first kappa shape index (κ1) is 16.9. The second-order valence-corrected chi connectivity index (χ2v) is 7.57. The maximum Gasteiger partial charge on any atom is 0.257 e. The molecule has 0 saturated carbocycles. The van der Waals surface area contributed by atoms with Crippen LogP contribution in [0.15, 0.2) is 52.1 Å². The van der Waals surface area contributed by atoms with Gasteiger partial charge in [-0.2, -0.15) is 0 Å². The highest BCUT2D eigenvalue weighted by molar-refractivity contribution is 8.00. The summed E-state index contributed by atoms with van der Waals surface area (Å²) in [7, 11) is 0. The predicted molar refractivity (Wildman–Crippen MR) is 102 cm³/mol. The number of thioether (sulfide) groups is 1. The molecule has 1 aliphatic rings. The third kappa shape index (κ3) is 3.15. The molecule has 0 fully saturated rings. The van der Waals surface area contributed by atoms with Crippen molar-refractivity contribution in [2.24, 2.45) is 0 Å². The third-order valence-corrected chi connectivity index (χ3v) is 5.16. The Balaban J connectivity index is 1.57. The van der Waals surface area contributed by atoms with Crippen molar-refractivity contribution in [2.75, 3.05) is 16.8 Å². The smallest absolute Gasteiger partial charge is 0.257 e. The maximum absolute atomic E-state index is 12.9. The highest BCUT2D eigenvalue weighted by Crippen LogP contribution is 2.33. The number of rotatable bonds is 3. The first-order valence-corrected chi connectivity index (χ1v) is 9.20. The fourth-order valence-electron chi connectivity index (χ4n) is 2.78. The zero-order chi connectivity index (χ0) is 18.3. The highest BCUT2D eigenvalue weighted by atomic mass is 35.5. The van der Waals surface area contributed by atoms with Crippen LogP contribution >= 0.6 is 23.4 Å². The Bertz CT molecular complexity index is 1020. The van der Waals surface area contributed by atoms with E-state index in [2.05, 4.69) is 10.3 Å². The molecule has 0 unspecified atom stereocenters. The Hall–Kier alpha value is -2.51. The third-order valence-electron chi connectivity index (χ3n) is 3.99. The Kier molecular flexibility index (Phi) is 4.34. The van der Waals surface area contributed by atoms with Crippen molar-refractivity contribution in [1.29, 1.82) is 0 Å². The van der Waals surface area contributed by atoms with E-state index in [0.717, 1.165) is 0 Å². The van der Waals surface area contributed by atoms with Gasteiger partial charge in [0.05, 0.1) is 16.6 Å². The molecule has 0 aliphatic carbocycles. The zero-order valence-corrected chi connectivity index (χ0v) is 15.3. The molecule has 0 radical (unpaired) electrons. The van der Waals surface area contributed by atoms with Crippen molar-refractivity contribution < 1.29 is 14.0 Å². The van der Waals surface area contributed by atoms with E-state index in [4.69, 9.17) is 16.0 Å². The summed E-state index contributed by atoms with van der Waals surface area (Å²) < 4.78 is 5.66. The highest BCUT2D eigenvalue weighted by Gasteiger charge is 2.30. The molecule has 6 nitrogen and oxygen atoms in total. The molecule has 8 heteroatoms. The van der Waals surface area contributed by atoms with Crippen molar-refractivity contribution >= 4 is 57.7 Å². The fraction of sp³-hybridized carbons (Fsp3) is 0.167. The average Bonchev–Trinajstić information content (AvgIpc) is 3.01. The number of fused-ring (bicyclic) bond motifs is 2. The van der Waals surface area contributed by atoms with Gasteiger partial charge in [-0.1, -0.05) is 35.5 Å². The number of para-hydroxylation sites is 2. The zero-order valence-electron chi connectivity index (χ0n) is 13.7. The van der Waals surface area contributed by atoms with Crippen LogP contribution in [-0.2, 0) is 9.59 Å². The molecule has 132 valence electrons. The van der Waals surface area contributed by atoms with Crippen molar-refractivity contribution in [1.82, 2.24) is 4.98 Å². The molecule has 3 aromatic rings. The molecule has 1 atom stereocenters. The lowest BCUT2D eigenvalue weighted by atomic mass is 10.2. The van der Waals surface area contributed by atoms with Crippen molar-refractivity contribution in [2.45, 2.75) is 17.4 Å². The van der Waals surface area contributed by atoms with Gasteiger partial charge in [-0.05, 0) is 31.2 Å². The molecule has 4 rings (SSSR count). The summed E-state index contributed by atoms with van der Waals surface area (Å²) in [6.45, 7) is 1.76. The van der Waals surface area contributed by atoms with Gasteiger partial charge in [0.1, 0.15) is 12.1 Å². The average molecular weight is 388 g/mol. The number of halogens is 1. The van der Waals surface area contributed by atoms with E-state index < -0.39 is 5.25 Å². The summed E-state index contributed by atoms with van der Waals surface area (Å²) >= 11 is 7.16. The van der Waals surface area contributed by atoms with E-state index in [0.29, 0.717) is 32.7 Å². The minimum atomic E-state index is -0.475. The van der Waals surface area contributed by atoms with E-state index in [1.807, 2.05) is 18.2 Å². The van der Waals surface area contributed by atoms with Gasteiger partial charge in [-0.3, -0.25) is 14.5 Å². The Labute approximate surface area is 158 Å². The molecule has 1 N–H and O–H groups in total. The van der Waals surface area contributed by atoms with Crippen molar-refractivity contribution in [3.63, 3.8) is 0 Å². The van der Waals surface area contributed by atoms with Gasteiger partial charge >= 0.3 is 0 Å². The number of aromatic nitrogens is 1. The number of carbonyl (C=O) groups is 2. The van der Waals surface area contributed by atoms with Crippen LogP contribution in [0.2, 0.25) is 5.02 Å². The predicted octanol–water partition coefficient (Wildman–Crippen LogP) is 3.95. The van der Waals surface area contributed by atoms with Gasteiger partial charge in [0.25, 0.3) is 5.22 Å². The lowest BCUT2D eigenvalue weighted by Crippen LogP contribution is -2.45. The van der Waals surface area contributed by atoms with Crippen molar-refractivity contribution in [3.05, 3.63) is 47.5 Å². The normalized spacial score (nSPS) is 14.8. The van der Waals surface area contributed by atoms with Crippen LogP contribution in [0.25, 0.3) is 11.1 Å². The van der Waals surface area contributed by atoms with Crippen LogP contribution < -0.4 is 10.2 Å². The number of hydrogen-bond acceptors (Lipinski definition) is 5. The Morgan fingerprint density at radius 2 is 2.15 bits per heavy atom. The van der Waals surface area contributed by atoms with E-state index in [1.165, 1.54) is 16.7 Å². The molecule has 2 amide bonds. The molecule has 26 heavy (non-hydrogen) atoms. The molecule has 0 saturated heterocycles. The van der Waals surface area contributed by atoms with Gasteiger partial charge in [-0.15, -0.1) is 0 Å². The van der Waals surface area contributed by atoms with Gasteiger partial charge in [0.15, 0.2) is 5.58 Å². The van der Waals surface area contributed by atoms with Gasteiger partial charge < -0.3 is 9.73 Å². The largest absolute Gasteiger partial charge is 0.431 e. The second kappa shape index (κ2) is 6.66.